The largest absolute Gasteiger partial charge is 0.296 e. The van der Waals surface area contributed by atoms with Crippen molar-refractivity contribution < 1.29 is 17.6 Å². The molecule has 27 heavy (non-hydrogen) atoms. The van der Waals surface area contributed by atoms with Crippen molar-refractivity contribution in [3.63, 3.8) is 0 Å². The van der Waals surface area contributed by atoms with E-state index in [1.165, 1.54) is 11.0 Å². The molecule has 2 heterocycles. The van der Waals surface area contributed by atoms with Gasteiger partial charge in [-0.3, -0.25) is 9.69 Å². The summed E-state index contributed by atoms with van der Waals surface area (Å²) in [5, 5.41) is 13.2. The van der Waals surface area contributed by atoms with Crippen molar-refractivity contribution in [2.75, 3.05) is 11.4 Å². The second-order valence-corrected chi connectivity index (χ2v) is 7.72. The van der Waals surface area contributed by atoms with Gasteiger partial charge in [-0.25, -0.2) is 17.5 Å². The summed E-state index contributed by atoms with van der Waals surface area (Å²) >= 11 is 0. The highest BCUT2D eigenvalue weighted by atomic mass is 32.2. The lowest BCUT2D eigenvalue weighted by atomic mass is 10.1. The lowest BCUT2D eigenvalue weighted by molar-refractivity contribution is -0.121. The van der Waals surface area contributed by atoms with Gasteiger partial charge in [0.05, 0.1) is 6.20 Å². The van der Waals surface area contributed by atoms with Crippen LogP contribution in [0.2, 0.25) is 0 Å². The topological polar surface area (TPSA) is 108 Å². The number of piperidine rings is 1. The van der Waals surface area contributed by atoms with Crippen LogP contribution in [-0.2, 0) is 21.4 Å². The van der Waals surface area contributed by atoms with Crippen LogP contribution in [0.4, 0.5) is 10.2 Å². The summed E-state index contributed by atoms with van der Waals surface area (Å²) in [6.07, 6.45) is 2.47. The smallest absolute Gasteiger partial charge is 0.246 e. The average Bonchev–Trinajstić information content (AvgIpc) is 3.11. The number of nitrogens with one attached hydrogen (secondary N) is 1. The van der Waals surface area contributed by atoms with Crippen molar-refractivity contribution in [2.45, 2.75) is 37.2 Å². The minimum atomic E-state index is -4.25. The Morgan fingerprint density at radius 1 is 1.41 bits per heavy atom. The minimum Gasteiger partial charge on any atom is -0.296 e. The second kappa shape index (κ2) is 7.46. The first-order chi connectivity index (χ1) is 12.9. The number of aryl methyl sites for hydroxylation is 1. The van der Waals surface area contributed by atoms with Crippen molar-refractivity contribution >= 4 is 21.7 Å². The summed E-state index contributed by atoms with van der Waals surface area (Å²) in [6, 6.07) is 5.61. The molecule has 0 radical (unpaired) electrons. The molecule has 1 amide bonds. The monoisotopic (exact) mass is 391 g/mol. The zero-order chi connectivity index (χ0) is 19.6. The Morgan fingerprint density at radius 2 is 2.19 bits per heavy atom. The molecule has 0 unspecified atom stereocenters. The van der Waals surface area contributed by atoms with Gasteiger partial charge >= 0.3 is 0 Å². The molecular weight excluding hydrogens is 373 g/mol. The predicted octanol–water partition coefficient (Wildman–Crippen LogP) is 1.39. The minimum absolute atomic E-state index is 0.312. The lowest BCUT2D eigenvalue weighted by Crippen LogP contribution is -2.53. The summed E-state index contributed by atoms with van der Waals surface area (Å²) in [5.41, 5.74) is -0.575. The zero-order valence-electron chi connectivity index (χ0n) is 14.6. The third-order valence-corrected chi connectivity index (χ3v) is 5.90. The van der Waals surface area contributed by atoms with Crippen LogP contribution in [0, 0.1) is 17.1 Å². The number of halogens is 1. The molecule has 2 aromatic rings. The van der Waals surface area contributed by atoms with Crippen LogP contribution in [0.1, 0.15) is 25.3 Å². The highest BCUT2D eigenvalue weighted by molar-refractivity contribution is 7.89. The molecule has 1 fully saturated rings. The fourth-order valence-corrected chi connectivity index (χ4v) is 4.49. The number of aromatic nitrogens is 2. The average molecular weight is 391 g/mol. The number of amides is 1. The van der Waals surface area contributed by atoms with Gasteiger partial charge in [-0.05, 0) is 31.9 Å². The van der Waals surface area contributed by atoms with Gasteiger partial charge in [0.25, 0.3) is 0 Å². The second-order valence-electron chi connectivity index (χ2n) is 6.04. The van der Waals surface area contributed by atoms with Crippen molar-refractivity contribution in [2.24, 2.45) is 0 Å². The van der Waals surface area contributed by atoms with Crippen LogP contribution in [0.15, 0.2) is 35.4 Å². The van der Waals surface area contributed by atoms with E-state index in [1.54, 1.807) is 23.0 Å². The first kappa shape index (κ1) is 19.0. The van der Waals surface area contributed by atoms with E-state index in [9.17, 15) is 17.6 Å². The Hall–Kier alpha value is -2.77. The fourth-order valence-electron chi connectivity index (χ4n) is 3.10. The number of carbonyl (C=O) groups is 1. The zero-order valence-corrected chi connectivity index (χ0v) is 15.4. The number of hydrogen-bond donors (Lipinski definition) is 1. The number of anilines is 1. The first-order valence-corrected chi connectivity index (χ1v) is 9.91. The first-order valence-electron chi connectivity index (χ1n) is 8.43. The Balaban J connectivity index is 1.88. The molecule has 1 aromatic carbocycles. The lowest BCUT2D eigenvalue weighted by Gasteiger charge is -2.32. The Labute approximate surface area is 156 Å². The molecular formula is C17H18FN5O3S. The van der Waals surface area contributed by atoms with Crippen LogP contribution >= 0.6 is 0 Å². The van der Waals surface area contributed by atoms with Gasteiger partial charge in [-0.1, -0.05) is 6.07 Å². The van der Waals surface area contributed by atoms with E-state index in [4.69, 9.17) is 5.26 Å². The summed E-state index contributed by atoms with van der Waals surface area (Å²) in [4.78, 5) is 13.9. The molecule has 0 bridgehead atoms. The van der Waals surface area contributed by atoms with E-state index in [0.717, 1.165) is 12.1 Å². The molecule has 0 spiro atoms. The molecule has 8 nitrogen and oxygen atoms in total. The quantitative estimate of drug-likeness (QED) is 0.829. The van der Waals surface area contributed by atoms with Crippen molar-refractivity contribution in [3.8, 4) is 6.07 Å². The van der Waals surface area contributed by atoms with Gasteiger partial charge in [0, 0.05) is 19.2 Å². The Morgan fingerprint density at radius 3 is 2.89 bits per heavy atom. The highest BCUT2D eigenvalue weighted by Gasteiger charge is 2.35. The number of hydrogen-bond acceptors (Lipinski definition) is 5. The number of rotatable bonds is 5. The molecule has 0 aliphatic carbocycles. The number of nitriles is 1. The third-order valence-electron chi connectivity index (χ3n) is 4.38. The van der Waals surface area contributed by atoms with Crippen LogP contribution < -0.4 is 9.62 Å². The van der Waals surface area contributed by atoms with Gasteiger partial charge < -0.3 is 0 Å². The maximum Gasteiger partial charge on any atom is 0.246 e. The molecule has 1 aromatic heterocycles. The molecule has 0 saturated carbocycles. The number of sulfonamides is 1. The molecule has 1 atom stereocenters. The number of carbonyl (C=O) groups excluding carboxylic acids is 1. The van der Waals surface area contributed by atoms with E-state index in [-0.39, 0.29) is 0 Å². The number of benzene rings is 1. The van der Waals surface area contributed by atoms with E-state index >= 15 is 0 Å². The van der Waals surface area contributed by atoms with E-state index in [1.807, 2.05) is 6.92 Å². The predicted molar refractivity (Wildman–Crippen MR) is 94.7 cm³/mol. The van der Waals surface area contributed by atoms with Gasteiger partial charge in [-0.15, -0.1) is 0 Å². The number of nitrogens with zero attached hydrogens (tertiary/aromatic N) is 4. The highest BCUT2D eigenvalue weighted by Crippen LogP contribution is 2.23. The Bertz CT molecular complexity index is 1010. The molecule has 1 aliphatic rings. The molecule has 10 heteroatoms. The van der Waals surface area contributed by atoms with Crippen LogP contribution in [0.5, 0.6) is 0 Å². The van der Waals surface area contributed by atoms with Gasteiger partial charge in [-0.2, -0.15) is 15.1 Å². The van der Waals surface area contributed by atoms with Crippen LogP contribution in [0.3, 0.4) is 0 Å². The van der Waals surface area contributed by atoms with Gasteiger partial charge in [0.1, 0.15) is 34.2 Å². The van der Waals surface area contributed by atoms with E-state index < -0.39 is 38.2 Å². The maximum absolute atomic E-state index is 13.8. The molecule has 3 rings (SSSR count). The molecule has 1 aliphatic heterocycles. The van der Waals surface area contributed by atoms with Crippen LogP contribution in [0.25, 0.3) is 0 Å². The molecule has 1 N–H and O–H groups in total. The van der Waals surface area contributed by atoms with Crippen molar-refractivity contribution in [1.82, 2.24) is 14.5 Å². The van der Waals surface area contributed by atoms with E-state index in [0.29, 0.717) is 31.7 Å². The van der Waals surface area contributed by atoms with Crippen molar-refractivity contribution in [3.05, 3.63) is 41.8 Å². The van der Waals surface area contributed by atoms with Crippen molar-refractivity contribution in [1.29, 1.82) is 5.26 Å². The fraction of sp³-hybridized carbons (Fsp3) is 0.353. The normalized spacial score (nSPS) is 17.7. The molecule has 1 saturated heterocycles. The SMILES string of the molecule is CCn1nccc1N1CCC[C@H](NS(=O)(=O)c2cccc(F)c2C#N)C1=O. The standard InChI is InChI=1S/C17H18FN5O3S/c1-2-23-16(8-9-20-23)22-10-4-6-14(17(22)24)21-27(25,26)15-7-3-5-13(18)12(15)11-19/h3,5,7-9,14,21H,2,4,6,10H2,1H3/t14-/m0/s1. The summed E-state index contributed by atoms with van der Waals surface area (Å²) in [6.45, 7) is 2.90. The summed E-state index contributed by atoms with van der Waals surface area (Å²) < 4.78 is 43.1. The Kier molecular flexibility index (Phi) is 5.25. The maximum atomic E-state index is 13.8. The van der Waals surface area contributed by atoms with Gasteiger partial charge in [0.2, 0.25) is 15.9 Å². The van der Waals surface area contributed by atoms with Crippen LogP contribution in [-0.4, -0.2) is 36.7 Å². The summed E-state index contributed by atoms with van der Waals surface area (Å²) in [7, 11) is -4.25. The van der Waals surface area contributed by atoms with Gasteiger partial charge in [0.15, 0.2) is 0 Å². The summed E-state index contributed by atoms with van der Waals surface area (Å²) in [5.74, 6) is -0.742. The van der Waals surface area contributed by atoms with E-state index in [2.05, 4.69) is 9.82 Å². The third kappa shape index (κ3) is 3.56. The molecule has 142 valence electrons.